The van der Waals surface area contributed by atoms with Crippen LogP contribution in [0.5, 0.6) is 5.75 Å². The number of fused-ring (bicyclic) bond motifs is 2. The van der Waals surface area contributed by atoms with Gasteiger partial charge in [0.15, 0.2) is 0 Å². The van der Waals surface area contributed by atoms with Crippen LogP contribution in [0.15, 0.2) is 116 Å². The highest BCUT2D eigenvalue weighted by Crippen LogP contribution is 2.27. The molecule has 13 amide bonds. The second-order valence-corrected chi connectivity index (χ2v) is 28.0. The summed E-state index contributed by atoms with van der Waals surface area (Å²) in [6.07, 6.45) is 3.67. The van der Waals surface area contributed by atoms with Gasteiger partial charge in [-0.2, -0.15) is 25.3 Å². The number of nitrogens with zero attached hydrogens (tertiary/aromatic N) is 2. The van der Waals surface area contributed by atoms with Crippen LogP contribution in [0.1, 0.15) is 88.0 Å². The molecule has 0 saturated carbocycles. The van der Waals surface area contributed by atoms with Gasteiger partial charge in [-0.05, 0) is 104 Å². The highest BCUT2D eigenvalue weighted by Gasteiger charge is 2.44. The minimum absolute atomic E-state index is 0.0383. The molecule has 2 aromatic heterocycles. The number of aliphatic carboxylic acids is 1. The molecule has 0 radical (unpaired) electrons. The summed E-state index contributed by atoms with van der Waals surface area (Å²) < 4.78 is 0. The number of carboxylic acid groups (broad SMARTS) is 1. The van der Waals surface area contributed by atoms with Gasteiger partial charge in [0.2, 0.25) is 76.8 Å². The molecule has 4 heterocycles. The minimum atomic E-state index is -1.59. The van der Waals surface area contributed by atoms with Crippen molar-refractivity contribution in [3.05, 3.63) is 138 Å². The summed E-state index contributed by atoms with van der Waals surface area (Å²) in [5.74, 6) is -12.6. The van der Waals surface area contributed by atoms with E-state index in [1.807, 2.05) is 12.1 Å². The molecule has 18 N–H and O–H groups in total. The monoisotopic (exact) mass is 1530 g/mol. The average Bonchev–Trinajstić information content (AvgIpc) is 1.64. The van der Waals surface area contributed by atoms with E-state index in [2.05, 4.69) is 88.4 Å². The molecule has 2 aliphatic rings. The fraction of sp³-hybridized carbons (Fsp3) is 0.432. The molecule has 0 bridgehead atoms. The normalized spacial score (nSPS) is 16.6. The van der Waals surface area contributed by atoms with Crippen molar-refractivity contribution in [3.63, 3.8) is 0 Å². The van der Waals surface area contributed by atoms with Crippen molar-refractivity contribution in [1.29, 1.82) is 0 Å². The first-order valence-electron chi connectivity index (χ1n) is 35.6. The van der Waals surface area contributed by atoms with Crippen LogP contribution in [-0.2, 0) is 92.8 Å². The van der Waals surface area contributed by atoms with Crippen LogP contribution in [0.2, 0.25) is 0 Å². The van der Waals surface area contributed by atoms with Crippen molar-refractivity contribution in [2.75, 3.05) is 37.7 Å². The first-order valence-corrected chi connectivity index (χ1v) is 36.9. The van der Waals surface area contributed by atoms with E-state index >= 15 is 0 Å². The van der Waals surface area contributed by atoms with E-state index in [-0.39, 0.29) is 74.8 Å². The number of thiol groups is 2. The molecule has 0 aliphatic carbocycles. The predicted octanol–water partition coefficient (Wildman–Crippen LogP) is -0.679. The van der Waals surface area contributed by atoms with Gasteiger partial charge in [0.1, 0.15) is 66.2 Å². The maximum Gasteiger partial charge on any atom is 0.326 e. The van der Waals surface area contributed by atoms with Gasteiger partial charge in [-0.25, -0.2) is 4.79 Å². The zero-order chi connectivity index (χ0) is 78.3. The Balaban J connectivity index is 0.902. The van der Waals surface area contributed by atoms with E-state index in [9.17, 15) is 77.3 Å². The summed E-state index contributed by atoms with van der Waals surface area (Å²) in [4.78, 5) is 201. The number of aromatic nitrogens is 2. The Labute approximate surface area is 633 Å². The number of aromatic amines is 2. The van der Waals surface area contributed by atoms with Gasteiger partial charge in [-0.1, -0.05) is 92.7 Å². The number of hydrogen-bond acceptors (Lipinski definition) is 18. The Kier molecular flexibility index (Phi) is 30.3. The lowest BCUT2D eigenvalue weighted by atomic mass is 10.0. The lowest BCUT2D eigenvalue weighted by molar-refractivity contribution is -0.152. The summed E-state index contributed by atoms with van der Waals surface area (Å²) in [5.41, 5.74) is 15.7. The van der Waals surface area contributed by atoms with Crippen molar-refractivity contribution in [1.82, 2.24) is 72.9 Å². The van der Waals surface area contributed by atoms with Crippen molar-refractivity contribution < 1.29 is 77.3 Å². The summed E-state index contributed by atoms with van der Waals surface area (Å²) in [5, 5.41) is 46.9. The fourth-order valence-electron chi connectivity index (χ4n) is 13.0. The number of carboxylic acids is 1. The number of carbonyl (C=O) groups excluding carboxylic acids is 13. The lowest BCUT2D eigenvalue weighted by Crippen LogP contribution is -2.59. The van der Waals surface area contributed by atoms with Crippen LogP contribution in [-0.4, -0.2) is 217 Å². The zero-order valence-electron chi connectivity index (χ0n) is 60.0. The van der Waals surface area contributed by atoms with Gasteiger partial charge in [0, 0.05) is 84.5 Å². The smallest absolute Gasteiger partial charge is 0.326 e. The maximum absolute atomic E-state index is 14.6. The third kappa shape index (κ3) is 23.3. The largest absolute Gasteiger partial charge is 0.508 e. The second-order valence-electron chi connectivity index (χ2n) is 27.2. The summed E-state index contributed by atoms with van der Waals surface area (Å²) in [7, 11) is 0. The van der Waals surface area contributed by atoms with Gasteiger partial charge in [0.25, 0.3) is 0 Å². The molecular weight excluding hydrogens is 1430 g/mol. The molecule has 11 atom stereocenters. The standard InChI is InChI=1S/C74H94N16O16S2/c1-40(2)29-53(68(99)88-58(39-108)71(102)81-41(3)72(103)89-27-11-19-59(89)73(104)90-28-12-20-60(90)74(105)106)83-63(94)37-79-65(96)55(32-44-34-77-50-17-9-7-15-47(44)50)85-67(98)52(25-26-61(76)92)82-62(93)36-80-66(97)57(38-107)87-70(101)56(33-45-35-78-51-18-10-8-16-48(45)51)86-69(100)54(31-43-21-23-46(91)24-22-43)84-64(95)49(75)30-42-13-5-4-6-14-42/h4-10,13-18,21-24,34-35,40-41,49,52-60,77-78,91,107-108H,11-12,19-20,25-33,36-39,75H2,1-3H3,(H2,76,92)(H,79,96)(H,80,97)(H,81,102)(H,82,93)(H,83,94)(H,84,95)(H,85,98)(H,86,100)(H,87,101)(H,88,99)(H,105,106)/t41-,49-,52-,53-,54-,55-,56-,57-,58-,59-,60-/m0/s1. The van der Waals surface area contributed by atoms with Gasteiger partial charge in [-0.3, -0.25) is 62.3 Å². The SMILES string of the molecule is CC(C)C[C@H](NC(=O)CNC(=O)[C@H](Cc1c[nH]c2ccccc12)NC(=O)[C@H](CCC(N)=O)NC(=O)CNC(=O)[C@H](CS)NC(=O)[C@H](Cc1c[nH]c2ccccc12)NC(=O)[C@H](Cc1ccc(O)cc1)NC(=O)[C@@H](N)Cc1ccccc1)C(=O)N[C@@H](CS)C(=O)N[C@@H](C)C(=O)N1CCC[C@H]1C(=O)N1CCC[C@H]1C(=O)O. The summed E-state index contributed by atoms with van der Waals surface area (Å²) in [6, 6.07) is 15.0. The molecule has 32 nitrogen and oxygen atoms in total. The van der Waals surface area contributed by atoms with E-state index < -0.39 is 175 Å². The lowest BCUT2D eigenvalue weighted by Gasteiger charge is -2.32. The van der Waals surface area contributed by atoms with E-state index in [1.54, 1.807) is 105 Å². The van der Waals surface area contributed by atoms with Crippen LogP contribution >= 0.6 is 25.3 Å². The van der Waals surface area contributed by atoms with Crippen LogP contribution in [0.3, 0.4) is 0 Å². The average molecular weight is 1530 g/mol. The van der Waals surface area contributed by atoms with Crippen LogP contribution < -0.4 is 64.6 Å². The molecular formula is C74H94N16O16S2. The molecule has 108 heavy (non-hydrogen) atoms. The number of H-pyrrole nitrogens is 2. The molecule has 2 saturated heterocycles. The third-order valence-corrected chi connectivity index (χ3v) is 19.4. The molecule has 578 valence electrons. The molecule has 8 rings (SSSR count). The number of rotatable bonds is 38. The first kappa shape index (κ1) is 82.7. The molecule has 2 fully saturated rings. The van der Waals surface area contributed by atoms with E-state index in [0.717, 1.165) is 11.1 Å². The predicted molar refractivity (Wildman–Crippen MR) is 404 cm³/mol. The molecule has 34 heteroatoms. The van der Waals surface area contributed by atoms with Crippen molar-refractivity contribution in [2.24, 2.45) is 17.4 Å². The Hall–Kier alpha value is -11.0. The number of nitrogens with two attached hydrogens (primary N) is 2. The van der Waals surface area contributed by atoms with Crippen LogP contribution in [0.4, 0.5) is 0 Å². The number of benzene rings is 4. The number of carbonyl (C=O) groups is 14. The fourth-order valence-corrected chi connectivity index (χ4v) is 13.5. The number of phenolic OH excluding ortho intramolecular Hbond substituents is 1. The summed E-state index contributed by atoms with van der Waals surface area (Å²) in [6.45, 7) is 3.79. The number of nitrogens with one attached hydrogen (secondary N) is 12. The number of amides is 13. The Morgan fingerprint density at radius 1 is 0.500 bits per heavy atom. The third-order valence-electron chi connectivity index (χ3n) is 18.6. The Bertz CT molecular complexity index is 4230. The van der Waals surface area contributed by atoms with Gasteiger partial charge in [-0.15, -0.1) is 0 Å². The molecule has 2 aliphatic heterocycles. The quantitative estimate of drug-likeness (QED) is 0.0214. The van der Waals surface area contributed by atoms with Gasteiger partial charge < -0.3 is 94.6 Å². The van der Waals surface area contributed by atoms with Crippen LogP contribution in [0.25, 0.3) is 21.8 Å². The molecule has 0 spiro atoms. The number of aromatic hydroxyl groups is 1. The van der Waals surface area contributed by atoms with E-state index in [0.29, 0.717) is 52.2 Å². The van der Waals surface area contributed by atoms with Crippen LogP contribution in [0, 0.1) is 5.92 Å². The Morgan fingerprint density at radius 2 is 0.944 bits per heavy atom. The van der Waals surface area contributed by atoms with Crippen molar-refractivity contribution in [2.45, 2.75) is 158 Å². The number of phenols is 1. The van der Waals surface area contributed by atoms with Gasteiger partial charge in [0.05, 0.1) is 19.1 Å². The number of primary amides is 1. The topological polar surface area (TPSA) is 490 Å². The molecule has 4 aromatic carbocycles. The zero-order valence-corrected chi connectivity index (χ0v) is 61.8. The first-order chi connectivity index (χ1) is 51.6. The maximum atomic E-state index is 14.6. The highest BCUT2D eigenvalue weighted by atomic mass is 32.1. The summed E-state index contributed by atoms with van der Waals surface area (Å²) >= 11 is 8.61. The van der Waals surface area contributed by atoms with Crippen molar-refractivity contribution in [3.8, 4) is 5.75 Å². The Morgan fingerprint density at radius 3 is 1.49 bits per heavy atom. The molecule has 0 unspecified atom stereocenters. The van der Waals surface area contributed by atoms with Gasteiger partial charge >= 0.3 is 5.97 Å². The minimum Gasteiger partial charge on any atom is -0.508 e. The van der Waals surface area contributed by atoms with E-state index in [1.165, 1.54) is 28.9 Å². The number of likely N-dealkylation sites (tertiary alicyclic amines) is 2. The molecule has 6 aromatic rings. The number of hydrogen-bond donors (Lipinski definition) is 18. The van der Waals surface area contributed by atoms with E-state index in [4.69, 9.17) is 11.5 Å². The number of para-hydroxylation sites is 2. The second kappa shape index (κ2) is 39.6. The highest BCUT2D eigenvalue weighted by molar-refractivity contribution is 7.80. The van der Waals surface area contributed by atoms with Crippen molar-refractivity contribution >= 4 is 130 Å².